The molecule has 10 heteroatoms. The highest BCUT2D eigenvalue weighted by molar-refractivity contribution is 7.89. The van der Waals surface area contributed by atoms with Crippen LogP contribution in [0.4, 0.5) is 16.4 Å². The fourth-order valence-electron chi connectivity index (χ4n) is 2.46. The first-order valence-electron chi connectivity index (χ1n) is 8.48. The number of nitrogens with zero attached hydrogens (tertiary/aromatic N) is 2. The van der Waals surface area contributed by atoms with Gasteiger partial charge >= 0.3 is 6.03 Å². The number of primary sulfonamides is 1. The number of sulfonamides is 1. The van der Waals surface area contributed by atoms with E-state index in [0.717, 1.165) is 24.1 Å². The molecule has 2 aromatic heterocycles. The maximum Gasteiger partial charge on any atom is 0.326 e. The molecule has 3 aromatic rings. The summed E-state index contributed by atoms with van der Waals surface area (Å²) >= 11 is 1.32. The van der Waals surface area contributed by atoms with Crippen LogP contribution in [-0.4, -0.2) is 24.4 Å². The van der Waals surface area contributed by atoms with Gasteiger partial charge in [0, 0.05) is 16.6 Å². The Bertz CT molecular complexity index is 1080. The maximum absolute atomic E-state index is 12.2. The van der Waals surface area contributed by atoms with Gasteiger partial charge in [-0.25, -0.2) is 28.3 Å². The number of anilines is 2. The number of pyridine rings is 1. The third kappa shape index (κ3) is 5.12. The van der Waals surface area contributed by atoms with Crippen LogP contribution >= 0.6 is 11.3 Å². The number of hydrogen-bond acceptors (Lipinski definition) is 6. The van der Waals surface area contributed by atoms with Crippen molar-refractivity contribution in [2.75, 3.05) is 10.6 Å². The fourth-order valence-corrected chi connectivity index (χ4v) is 3.73. The largest absolute Gasteiger partial charge is 0.326 e. The smallest absolute Gasteiger partial charge is 0.292 e. The second kappa shape index (κ2) is 8.46. The van der Waals surface area contributed by atoms with E-state index in [1.165, 1.54) is 23.5 Å². The molecule has 1 aromatic carbocycles. The number of carbonyl (C=O) groups excluding carboxylic acids is 1. The molecule has 0 aliphatic heterocycles. The van der Waals surface area contributed by atoms with Gasteiger partial charge in [0.05, 0.1) is 4.90 Å². The summed E-state index contributed by atoms with van der Waals surface area (Å²) in [7, 11) is -3.74. The Hall–Kier alpha value is -2.82. The normalized spacial score (nSPS) is 11.2. The first-order chi connectivity index (χ1) is 13.3. The summed E-state index contributed by atoms with van der Waals surface area (Å²) in [6, 6.07) is 11.1. The summed E-state index contributed by atoms with van der Waals surface area (Å²) in [6.07, 6.45) is 1.82. The number of aryl methyl sites for hydroxylation is 1. The average Bonchev–Trinajstić information content (AvgIpc) is 3.10. The number of urea groups is 1. The Labute approximate surface area is 166 Å². The summed E-state index contributed by atoms with van der Waals surface area (Å²) in [5, 5.41) is 12.8. The molecule has 8 nitrogen and oxygen atoms in total. The molecule has 0 saturated carbocycles. The van der Waals surface area contributed by atoms with Gasteiger partial charge in [-0.1, -0.05) is 31.5 Å². The minimum Gasteiger partial charge on any atom is -0.292 e. The van der Waals surface area contributed by atoms with E-state index < -0.39 is 16.1 Å². The third-order valence-corrected chi connectivity index (χ3v) is 5.55. The molecular formula is C18H19N5O3S2. The fraction of sp³-hybridized carbons (Fsp3) is 0.167. The first kappa shape index (κ1) is 19.9. The predicted octanol–water partition coefficient (Wildman–Crippen LogP) is 3.45. The number of aromatic nitrogens is 2. The highest BCUT2D eigenvalue weighted by Crippen LogP contribution is 2.26. The Balaban J connectivity index is 1.65. The lowest BCUT2D eigenvalue weighted by atomic mass is 10.2. The minimum atomic E-state index is -3.74. The zero-order chi connectivity index (χ0) is 20.1. The van der Waals surface area contributed by atoms with Crippen LogP contribution in [-0.2, 0) is 16.4 Å². The van der Waals surface area contributed by atoms with Gasteiger partial charge in [0.15, 0.2) is 0 Å². The molecule has 0 unspecified atom stereocenters. The zero-order valence-electron chi connectivity index (χ0n) is 15.0. The lowest BCUT2D eigenvalue weighted by Gasteiger charge is -2.06. The van der Waals surface area contributed by atoms with Gasteiger partial charge in [-0.05, 0) is 30.7 Å². The minimum absolute atomic E-state index is 0.0309. The molecule has 0 aliphatic carbocycles. The Morgan fingerprint density at radius 3 is 2.46 bits per heavy atom. The van der Waals surface area contributed by atoms with Crippen molar-refractivity contribution < 1.29 is 13.2 Å². The molecule has 0 aliphatic rings. The monoisotopic (exact) mass is 417 g/mol. The van der Waals surface area contributed by atoms with Gasteiger partial charge in [0.1, 0.15) is 16.6 Å². The van der Waals surface area contributed by atoms with Crippen LogP contribution in [0.25, 0.3) is 10.6 Å². The van der Waals surface area contributed by atoms with Crippen molar-refractivity contribution in [1.82, 2.24) is 9.97 Å². The Kier molecular flexibility index (Phi) is 6.02. The van der Waals surface area contributed by atoms with Crippen molar-refractivity contribution in [1.29, 1.82) is 0 Å². The van der Waals surface area contributed by atoms with Gasteiger partial charge in [0.2, 0.25) is 10.0 Å². The quantitative estimate of drug-likeness (QED) is 0.566. The summed E-state index contributed by atoms with van der Waals surface area (Å²) in [5.74, 6) is 0.857. The van der Waals surface area contributed by atoms with Crippen LogP contribution in [0.1, 0.15) is 19.0 Å². The van der Waals surface area contributed by atoms with E-state index >= 15 is 0 Å². The molecule has 2 amide bonds. The average molecular weight is 418 g/mol. The van der Waals surface area contributed by atoms with Crippen LogP contribution in [0.15, 0.2) is 52.7 Å². The molecule has 0 atom stereocenters. The van der Waals surface area contributed by atoms with Gasteiger partial charge < -0.3 is 0 Å². The van der Waals surface area contributed by atoms with Crippen LogP contribution in [0, 0.1) is 0 Å². The van der Waals surface area contributed by atoms with E-state index in [1.807, 2.05) is 12.1 Å². The van der Waals surface area contributed by atoms with Crippen molar-refractivity contribution in [3.05, 3.63) is 53.5 Å². The number of hydrogen-bond donors (Lipinski definition) is 3. The number of rotatable bonds is 6. The molecule has 0 fully saturated rings. The van der Waals surface area contributed by atoms with Gasteiger partial charge in [-0.2, -0.15) is 0 Å². The van der Waals surface area contributed by atoms with Crippen molar-refractivity contribution in [2.24, 2.45) is 5.14 Å². The van der Waals surface area contributed by atoms with E-state index in [0.29, 0.717) is 16.6 Å². The molecule has 146 valence electrons. The van der Waals surface area contributed by atoms with Crippen molar-refractivity contribution >= 4 is 39.0 Å². The lowest BCUT2D eigenvalue weighted by Crippen LogP contribution is -2.20. The van der Waals surface area contributed by atoms with Crippen molar-refractivity contribution in [2.45, 2.75) is 24.7 Å². The number of nitrogens with two attached hydrogens (primary N) is 1. The van der Waals surface area contributed by atoms with Crippen LogP contribution < -0.4 is 15.8 Å². The van der Waals surface area contributed by atoms with Gasteiger partial charge in [-0.15, -0.1) is 11.3 Å². The highest BCUT2D eigenvalue weighted by atomic mass is 32.2. The lowest BCUT2D eigenvalue weighted by molar-refractivity contribution is 0.262. The molecule has 2 heterocycles. The second-order valence-electron chi connectivity index (χ2n) is 5.95. The highest BCUT2D eigenvalue weighted by Gasteiger charge is 2.11. The number of amides is 2. The summed E-state index contributed by atoms with van der Waals surface area (Å²) < 4.78 is 22.6. The topological polar surface area (TPSA) is 127 Å². The summed E-state index contributed by atoms with van der Waals surface area (Å²) in [4.78, 5) is 20.9. The van der Waals surface area contributed by atoms with Crippen LogP contribution in [0.2, 0.25) is 0 Å². The van der Waals surface area contributed by atoms with Crippen molar-refractivity contribution in [3.8, 4) is 10.6 Å². The third-order valence-electron chi connectivity index (χ3n) is 3.73. The maximum atomic E-state index is 12.2. The molecule has 0 saturated heterocycles. The number of nitrogens with one attached hydrogen (secondary N) is 2. The Morgan fingerprint density at radius 1 is 1.07 bits per heavy atom. The van der Waals surface area contributed by atoms with E-state index in [1.54, 1.807) is 23.6 Å². The van der Waals surface area contributed by atoms with Crippen LogP contribution in [0.5, 0.6) is 0 Å². The number of carbonyl (C=O) groups is 1. The molecule has 28 heavy (non-hydrogen) atoms. The molecule has 0 spiro atoms. The Morgan fingerprint density at radius 2 is 1.79 bits per heavy atom. The van der Waals surface area contributed by atoms with E-state index in [9.17, 15) is 13.2 Å². The van der Waals surface area contributed by atoms with E-state index in [2.05, 4.69) is 27.5 Å². The molecule has 0 bridgehead atoms. The molecular weight excluding hydrogens is 398 g/mol. The van der Waals surface area contributed by atoms with E-state index in [4.69, 9.17) is 5.14 Å². The van der Waals surface area contributed by atoms with Gasteiger partial charge in [-0.3, -0.25) is 10.6 Å². The predicted molar refractivity (Wildman–Crippen MR) is 110 cm³/mol. The zero-order valence-corrected chi connectivity index (χ0v) is 16.7. The SMILES string of the molecule is CCCc1cccc(NC(=O)Nc2csc(-c3ccc(S(N)(=O)=O)cc3)n2)n1. The van der Waals surface area contributed by atoms with Crippen LogP contribution in [0.3, 0.4) is 0 Å². The second-order valence-corrected chi connectivity index (χ2v) is 8.37. The summed E-state index contributed by atoms with van der Waals surface area (Å²) in [5.41, 5.74) is 1.64. The van der Waals surface area contributed by atoms with Crippen molar-refractivity contribution in [3.63, 3.8) is 0 Å². The first-order valence-corrected chi connectivity index (χ1v) is 10.9. The number of benzene rings is 1. The molecule has 0 radical (unpaired) electrons. The number of thiazole rings is 1. The summed E-state index contributed by atoms with van der Waals surface area (Å²) in [6.45, 7) is 2.07. The molecule has 3 rings (SSSR count). The van der Waals surface area contributed by atoms with Gasteiger partial charge in [0.25, 0.3) is 0 Å². The molecule has 4 N–H and O–H groups in total. The standard InChI is InChI=1S/C18H19N5O3S2/c1-2-4-13-5-3-6-15(20-13)22-18(24)23-16-11-27-17(21-16)12-7-9-14(10-8-12)28(19,25)26/h3,5-11H,2,4H2,1H3,(H2,19,25,26)(H2,20,22,23,24). The van der Waals surface area contributed by atoms with E-state index in [-0.39, 0.29) is 4.90 Å².